The Kier molecular flexibility index (Phi) is 5.57. The van der Waals surface area contributed by atoms with Gasteiger partial charge in [-0.25, -0.2) is 4.79 Å². The molecule has 0 saturated carbocycles. The third-order valence-corrected chi connectivity index (χ3v) is 5.78. The predicted molar refractivity (Wildman–Crippen MR) is 112 cm³/mol. The third kappa shape index (κ3) is 4.01. The minimum atomic E-state index is -0.264. The summed E-state index contributed by atoms with van der Waals surface area (Å²) in [6.07, 6.45) is 1.62. The Hall–Kier alpha value is -2.09. The Balaban J connectivity index is 1.51. The number of carbonyl (C=O) groups is 1. The molecule has 1 N–H and O–H groups in total. The Morgan fingerprint density at radius 1 is 1.18 bits per heavy atom. The van der Waals surface area contributed by atoms with E-state index in [4.69, 9.17) is 27.7 Å². The summed E-state index contributed by atoms with van der Waals surface area (Å²) in [6.45, 7) is 0.605. The van der Waals surface area contributed by atoms with Crippen molar-refractivity contribution in [1.82, 2.24) is 15.0 Å². The van der Waals surface area contributed by atoms with Gasteiger partial charge in [-0.2, -0.15) is 4.98 Å². The zero-order valence-corrected chi connectivity index (χ0v) is 17.6. The lowest BCUT2D eigenvalue weighted by molar-refractivity contribution is 0.193. The van der Waals surface area contributed by atoms with Crippen LogP contribution in [0, 0.1) is 0 Å². The Morgan fingerprint density at radius 3 is 2.71 bits per heavy atom. The number of amides is 2. The van der Waals surface area contributed by atoms with Gasteiger partial charge in [-0.05, 0) is 55.3 Å². The number of anilines is 1. The van der Waals surface area contributed by atoms with Crippen LogP contribution in [0.25, 0.3) is 11.4 Å². The molecule has 0 aliphatic carbocycles. The van der Waals surface area contributed by atoms with E-state index in [2.05, 4.69) is 31.4 Å². The van der Waals surface area contributed by atoms with Crippen LogP contribution in [-0.4, -0.2) is 27.6 Å². The number of likely N-dealkylation sites (tertiary alicyclic amines) is 1. The molecule has 0 radical (unpaired) electrons. The zero-order chi connectivity index (χ0) is 19.7. The number of nitrogens with zero attached hydrogens (tertiary/aromatic N) is 3. The van der Waals surface area contributed by atoms with Crippen LogP contribution in [0.3, 0.4) is 0 Å². The normalized spacial score (nSPS) is 16.4. The van der Waals surface area contributed by atoms with Crippen molar-refractivity contribution in [3.05, 3.63) is 62.9 Å². The molecule has 144 valence electrons. The van der Waals surface area contributed by atoms with Crippen molar-refractivity contribution in [2.24, 2.45) is 0 Å². The first-order chi connectivity index (χ1) is 13.5. The van der Waals surface area contributed by atoms with Gasteiger partial charge in [0.1, 0.15) is 6.04 Å². The molecule has 3 aromatic rings. The van der Waals surface area contributed by atoms with Gasteiger partial charge < -0.3 is 14.7 Å². The number of nitrogens with one attached hydrogen (secondary N) is 1. The van der Waals surface area contributed by atoms with Crippen LogP contribution in [0.2, 0.25) is 10.0 Å². The molecule has 1 saturated heterocycles. The first kappa shape index (κ1) is 19.2. The lowest BCUT2D eigenvalue weighted by Gasteiger charge is -2.22. The molecule has 2 heterocycles. The fourth-order valence-electron chi connectivity index (χ4n) is 3.12. The molecule has 1 fully saturated rings. The molecular weight excluding hydrogens is 467 g/mol. The molecule has 1 unspecified atom stereocenters. The van der Waals surface area contributed by atoms with Gasteiger partial charge in [-0.1, -0.05) is 44.3 Å². The maximum absolute atomic E-state index is 12.8. The number of urea groups is 1. The van der Waals surface area contributed by atoms with Gasteiger partial charge in [0.2, 0.25) is 11.7 Å². The molecule has 1 aliphatic heterocycles. The van der Waals surface area contributed by atoms with Crippen LogP contribution in [0.4, 0.5) is 10.5 Å². The summed E-state index contributed by atoms with van der Waals surface area (Å²) < 4.78 is 6.44. The minimum Gasteiger partial charge on any atom is -0.337 e. The summed E-state index contributed by atoms with van der Waals surface area (Å²) in [5.74, 6) is 0.930. The first-order valence-electron chi connectivity index (χ1n) is 8.63. The standard InChI is InChI=1S/C19H15BrCl2N4O2/c20-12-5-3-11(4-6-12)17-24-18(28-25-17)16-2-1-9-26(16)19(27)23-13-7-8-14(21)15(22)10-13/h3-8,10,16H,1-2,9H2,(H,23,27). The highest BCUT2D eigenvalue weighted by Gasteiger charge is 2.34. The van der Waals surface area contributed by atoms with Crippen LogP contribution in [0.15, 0.2) is 51.5 Å². The van der Waals surface area contributed by atoms with Crippen LogP contribution < -0.4 is 5.32 Å². The van der Waals surface area contributed by atoms with E-state index >= 15 is 0 Å². The highest BCUT2D eigenvalue weighted by Crippen LogP contribution is 2.33. The van der Waals surface area contributed by atoms with Crippen molar-refractivity contribution < 1.29 is 9.32 Å². The average molecular weight is 482 g/mol. The number of benzene rings is 2. The van der Waals surface area contributed by atoms with Crippen molar-refractivity contribution in [2.75, 3.05) is 11.9 Å². The number of carbonyl (C=O) groups excluding carboxylic acids is 1. The monoisotopic (exact) mass is 480 g/mol. The lowest BCUT2D eigenvalue weighted by Crippen LogP contribution is -2.34. The van der Waals surface area contributed by atoms with Crippen molar-refractivity contribution >= 4 is 50.9 Å². The molecule has 0 spiro atoms. The molecule has 6 nitrogen and oxygen atoms in total. The Morgan fingerprint density at radius 2 is 1.96 bits per heavy atom. The van der Waals surface area contributed by atoms with Crippen molar-refractivity contribution in [1.29, 1.82) is 0 Å². The zero-order valence-electron chi connectivity index (χ0n) is 14.5. The van der Waals surface area contributed by atoms with Crippen LogP contribution in [0.5, 0.6) is 0 Å². The molecule has 1 atom stereocenters. The number of halogens is 3. The smallest absolute Gasteiger partial charge is 0.322 e. The van der Waals surface area contributed by atoms with Gasteiger partial charge in [0.05, 0.1) is 10.0 Å². The Bertz CT molecular complexity index is 1010. The molecule has 1 aliphatic rings. The fourth-order valence-corrected chi connectivity index (χ4v) is 3.68. The number of hydrogen-bond donors (Lipinski definition) is 1. The van der Waals surface area contributed by atoms with Gasteiger partial charge in [-0.3, -0.25) is 0 Å². The molecule has 2 aromatic carbocycles. The number of aromatic nitrogens is 2. The van der Waals surface area contributed by atoms with Crippen LogP contribution in [0.1, 0.15) is 24.8 Å². The third-order valence-electron chi connectivity index (χ3n) is 4.51. The van der Waals surface area contributed by atoms with Gasteiger partial charge in [0, 0.05) is 22.3 Å². The van der Waals surface area contributed by atoms with Crippen LogP contribution >= 0.6 is 39.1 Å². The lowest BCUT2D eigenvalue weighted by atomic mass is 10.2. The van der Waals surface area contributed by atoms with E-state index in [9.17, 15) is 4.79 Å². The number of hydrogen-bond acceptors (Lipinski definition) is 4. The van der Waals surface area contributed by atoms with E-state index < -0.39 is 0 Å². The molecule has 0 bridgehead atoms. The van der Waals surface area contributed by atoms with Crippen molar-refractivity contribution in [3.8, 4) is 11.4 Å². The summed E-state index contributed by atoms with van der Waals surface area (Å²) in [5, 5.41) is 7.73. The van der Waals surface area contributed by atoms with Gasteiger partial charge in [0.15, 0.2) is 0 Å². The molecular formula is C19H15BrCl2N4O2. The average Bonchev–Trinajstić information content (AvgIpc) is 3.34. The van der Waals surface area contributed by atoms with E-state index in [1.807, 2.05) is 24.3 Å². The van der Waals surface area contributed by atoms with E-state index in [0.29, 0.717) is 34.0 Å². The highest BCUT2D eigenvalue weighted by atomic mass is 79.9. The van der Waals surface area contributed by atoms with E-state index in [1.165, 1.54) is 0 Å². The molecule has 1 aromatic heterocycles. The molecule has 28 heavy (non-hydrogen) atoms. The second-order valence-corrected chi connectivity index (χ2v) is 8.10. The van der Waals surface area contributed by atoms with E-state index in [0.717, 1.165) is 22.9 Å². The maximum atomic E-state index is 12.8. The predicted octanol–water partition coefficient (Wildman–Crippen LogP) is 6.17. The van der Waals surface area contributed by atoms with Crippen molar-refractivity contribution in [3.63, 3.8) is 0 Å². The number of rotatable bonds is 3. The van der Waals surface area contributed by atoms with Crippen LogP contribution in [-0.2, 0) is 0 Å². The second kappa shape index (κ2) is 8.11. The Labute approximate surface area is 179 Å². The maximum Gasteiger partial charge on any atom is 0.322 e. The SMILES string of the molecule is O=C(Nc1ccc(Cl)c(Cl)c1)N1CCCC1c1nc(-c2ccc(Br)cc2)no1. The fraction of sp³-hybridized carbons (Fsp3) is 0.211. The summed E-state index contributed by atoms with van der Waals surface area (Å²) in [6, 6.07) is 12.1. The second-order valence-electron chi connectivity index (χ2n) is 6.37. The molecule has 4 rings (SSSR count). The van der Waals surface area contributed by atoms with Gasteiger partial charge in [0.25, 0.3) is 0 Å². The van der Waals surface area contributed by atoms with Gasteiger partial charge >= 0.3 is 6.03 Å². The minimum absolute atomic E-state index is 0.246. The summed E-state index contributed by atoms with van der Waals surface area (Å²) in [7, 11) is 0. The van der Waals surface area contributed by atoms with E-state index in [-0.39, 0.29) is 12.1 Å². The van der Waals surface area contributed by atoms with E-state index in [1.54, 1.807) is 23.1 Å². The molecule has 2 amide bonds. The highest BCUT2D eigenvalue weighted by molar-refractivity contribution is 9.10. The summed E-state index contributed by atoms with van der Waals surface area (Å²) in [5.41, 5.74) is 1.43. The first-order valence-corrected chi connectivity index (χ1v) is 10.2. The summed E-state index contributed by atoms with van der Waals surface area (Å²) >= 11 is 15.3. The largest absolute Gasteiger partial charge is 0.337 e. The quantitative estimate of drug-likeness (QED) is 0.485. The topological polar surface area (TPSA) is 71.3 Å². The van der Waals surface area contributed by atoms with Gasteiger partial charge in [-0.15, -0.1) is 0 Å². The summed E-state index contributed by atoms with van der Waals surface area (Å²) in [4.78, 5) is 19.0. The molecule has 9 heteroatoms. The van der Waals surface area contributed by atoms with Crippen molar-refractivity contribution in [2.45, 2.75) is 18.9 Å².